The average Bonchev–Trinajstić information content (AvgIpc) is 3.26. The molecule has 0 aliphatic carbocycles. The molecule has 2 aromatic carbocycles. The van der Waals surface area contributed by atoms with E-state index in [-0.39, 0.29) is 10.4 Å². The molecule has 1 atom stereocenters. The fourth-order valence-corrected chi connectivity index (χ4v) is 4.15. The smallest absolute Gasteiger partial charge is 0.264 e. The summed E-state index contributed by atoms with van der Waals surface area (Å²) in [4.78, 5) is 29.1. The molecule has 2 N–H and O–H groups in total. The van der Waals surface area contributed by atoms with Crippen LogP contribution in [-0.4, -0.2) is 24.5 Å². The highest BCUT2D eigenvalue weighted by Gasteiger charge is 2.20. The second-order valence-corrected chi connectivity index (χ2v) is 8.02. The molecule has 0 aliphatic rings. The molecule has 0 bridgehead atoms. The van der Waals surface area contributed by atoms with Crippen molar-refractivity contribution in [2.45, 2.75) is 13.0 Å². The molecule has 3 aromatic heterocycles. The fourth-order valence-electron chi connectivity index (χ4n) is 3.71. The number of rotatable bonds is 4. The molecule has 0 spiro atoms. The molecule has 10 heteroatoms. The summed E-state index contributed by atoms with van der Waals surface area (Å²) in [5.41, 5.74) is 1.85. The van der Waals surface area contributed by atoms with Crippen LogP contribution in [0.3, 0.4) is 0 Å². The fraction of sp³-hybridized carbons (Fsp3) is 0.0909. The van der Waals surface area contributed by atoms with Crippen molar-refractivity contribution in [1.82, 2.24) is 24.5 Å². The van der Waals surface area contributed by atoms with Crippen LogP contribution >= 0.6 is 23.2 Å². The topological polar surface area (TPSA) is 88.5 Å². The van der Waals surface area contributed by atoms with E-state index in [2.05, 4.69) is 25.3 Å². The van der Waals surface area contributed by atoms with Crippen LogP contribution < -0.4 is 10.9 Å². The van der Waals surface area contributed by atoms with Gasteiger partial charge >= 0.3 is 0 Å². The molecule has 0 radical (unpaired) electrons. The lowest BCUT2D eigenvalue weighted by Crippen LogP contribution is -2.26. The van der Waals surface area contributed by atoms with Crippen molar-refractivity contribution >= 4 is 51.0 Å². The number of nitrogens with zero attached hydrogens (tertiary/aromatic N) is 4. The Morgan fingerprint density at radius 2 is 1.97 bits per heavy atom. The van der Waals surface area contributed by atoms with Crippen molar-refractivity contribution in [2.24, 2.45) is 0 Å². The molecule has 0 saturated carbocycles. The third kappa shape index (κ3) is 3.37. The standard InChI is InChI=1S/C22H15Cl2FN6O/c1-11(30-21-19-20(27-9-26-19)28-10-29-21)16-7-12-5-6-15(25)18(24)17(12)22(32)31(16)14-4-2-3-13(23)8-14/h2-11H,1H3,(H2,26,27,28,29,30). The normalized spacial score (nSPS) is 12.4. The summed E-state index contributed by atoms with van der Waals surface area (Å²) in [7, 11) is 0. The van der Waals surface area contributed by atoms with E-state index in [1.54, 1.807) is 30.3 Å². The van der Waals surface area contributed by atoms with E-state index in [4.69, 9.17) is 23.2 Å². The third-order valence-electron chi connectivity index (χ3n) is 5.19. The first-order valence-electron chi connectivity index (χ1n) is 9.64. The zero-order valence-corrected chi connectivity index (χ0v) is 18.1. The second-order valence-electron chi connectivity index (χ2n) is 7.20. The molecular weight excluding hydrogens is 454 g/mol. The van der Waals surface area contributed by atoms with Gasteiger partial charge < -0.3 is 10.3 Å². The molecule has 0 amide bonds. The van der Waals surface area contributed by atoms with E-state index < -0.39 is 17.4 Å². The highest BCUT2D eigenvalue weighted by Crippen LogP contribution is 2.29. The Kier molecular flexibility index (Phi) is 5.03. The second kappa shape index (κ2) is 7.89. The Bertz CT molecular complexity index is 1550. The van der Waals surface area contributed by atoms with E-state index in [0.717, 1.165) is 0 Å². The van der Waals surface area contributed by atoms with E-state index in [0.29, 0.717) is 38.8 Å². The van der Waals surface area contributed by atoms with Gasteiger partial charge in [-0.25, -0.2) is 19.3 Å². The number of pyridine rings is 1. The first-order valence-corrected chi connectivity index (χ1v) is 10.4. The number of aromatic nitrogens is 5. The van der Waals surface area contributed by atoms with Crippen LogP contribution in [0.25, 0.3) is 27.6 Å². The van der Waals surface area contributed by atoms with Gasteiger partial charge in [0.1, 0.15) is 17.7 Å². The lowest BCUT2D eigenvalue weighted by Gasteiger charge is -2.22. The molecular formula is C22H15Cl2FN6O. The summed E-state index contributed by atoms with van der Waals surface area (Å²) in [6, 6.07) is 11.0. The van der Waals surface area contributed by atoms with Crippen LogP contribution in [0.4, 0.5) is 10.2 Å². The van der Waals surface area contributed by atoms with Crippen LogP contribution in [0.5, 0.6) is 0 Å². The summed E-state index contributed by atoms with van der Waals surface area (Å²) in [5, 5.41) is 4.17. The Morgan fingerprint density at radius 3 is 2.78 bits per heavy atom. The maximum atomic E-state index is 14.2. The lowest BCUT2D eigenvalue weighted by molar-refractivity contribution is 0.629. The summed E-state index contributed by atoms with van der Waals surface area (Å²) in [6.07, 6.45) is 2.94. The lowest BCUT2D eigenvalue weighted by atomic mass is 10.1. The molecule has 0 aliphatic heterocycles. The minimum absolute atomic E-state index is 0.0978. The minimum Gasteiger partial charge on any atom is -0.360 e. The van der Waals surface area contributed by atoms with Gasteiger partial charge in [-0.15, -0.1) is 0 Å². The van der Waals surface area contributed by atoms with Crippen molar-refractivity contribution in [3.63, 3.8) is 0 Å². The quantitative estimate of drug-likeness (QED) is 0.374. The predicted octanol–water partition coefficient (Wildman–Crippen LogP) is 5.28. The van der Waals surface area contributed by atoms with Gasteiger partial charge in [0.05, 0.1) is 28.5 Å². The van der Waals surface area contributed by atoms with Gasteiger partial charge in [-0.3, -0.25) is 9.36 Å². The van der Waals surface area contributed by atoms with Crippen LogP contribution in [0.15, 0.2) is 59.9 Å². The first kappa shape index (κ1) is 20.4. The number of hydrogen-bond acceptors (Lipinski definition) is 5. The van der Waals surface area contributed by atoms with E-state index in [1.807, 2.05) is 6.92 Å². The monoisotopic (exact) mass is 468 g/mol. The largest absolute Gasteiger partial charge is 0.360 e. The molecule has 32 heavy (non-hydrogen) atoms. The summed E-state index contributed by atoms with van der Waals surface area (Å²) < 4.78 is 15.6. The van der Waals surface area contributed by atoms with Crippen LogP contribution in [0.1, 0.15) is 18.7 Å². The molecule has 3 heterocycles. The number of benzene rings is 2. The molecule has 1 unspecified atom stereocenters. The van der Waals surface area contributed by atoms with E-state index in [1.165, 1.54) is 29.4 Å². The number of anilines is 1. The zero-order chi connectivity index (χ0) is 22.4. The van der Waals surface area contributed by atoms with Crippen molar-refractivity contribution in [3.8, 4) is 5.69 Å². The minimum atomic E-state index is -0.657. The van der Waals surface area contributed by atoms with Crippen molar-refractivity contribution in [2.75, 3.05) is 5.32 Å². The summed E-state index contributed by atoms with van der Waals surface area (Å²) in [5.74, 6) is -0.127. The number of fused-ring (bicyclic) bond motifs is 2. The average molecular weight is 469 g/mol. The Hall–Kier alpha value is -3.49. The van der Waals surface area contributed by atoms with Crippen molar-refractivity contribution in [1.29, 1.82) is 0 Å². The highest BCUT2D eigenvalue weighted by atomic mass is 35.5. The van der Waals surface area contributed by atoms with Crippen molar-refractivity contribution in [3.05, 3.63) is 87.0 Å². The molecule has 0 saturated heterocycles. The molecule has 5 aromatic rings. The molecule has 160 valence electrons. The number of hydrogen-bond donors (Lipinski definition) is 2. The Labute approximate surface area is 190 Å². The third-order valence-corrected chi connectivity index (χ3v) is 5.80. The van der Waals surface area contributed by atoms with Gasteiger partial charge in [0.15, 0.2) is 11.5 Å². The molecule has 7 nitrogen and oxygen atoms in total. The van der Waals surface area contributed by atoms with E-state index >= 15 is 0 Å². The van der Waals surface area contributed by atoms with Gasteiger partial charge in [0, 0.05) is 10.7 Å². The van der Waals surface area contributed by atoms with E-state index in [9.17, 15) is 9.18 Å². The molecule has 0 fully saturated rings. The van der Waals surface area contributed by atoms with Gasteiger partial charge in [-0.05, 0) is 42.6 Å². The van der Waals surface area contributed by atoms with Gasteiger partial charge in [0.2, 0.25) is 0 Å². The Balaban J connectivity index is 1.74. The highest BCUT2D eigenvalue weighted by molar-refractivity contribution is 6.35. The summed E-state index contributed by atoms with van der Waals surface area (Å²) in [6.45, 7) is 1.89. The number of imidazole rings is 1. The van der Waals surface area contributed by atoms with Gasteiger partial charge in [0.25, 0.3) is 5.56 Å². The van der Waals surface area contributed by atoms with Crippen LogP contribution in [0, 0.1) is 5.82 Å². The zero-order valence-electron chi connectivity index (χ0n) is 16.6. The van der Waals surface area contributed by atoms with Gasteiger partial charge in [-0.2, -0.15) is 0 Å². The number of H-pyrrole nitrogens is 1. The maximum absolute atomic E-state index is 14.2. The van der Waals surface area contributed by atoms with Crippen molar-refractivity contribution < 1.29 is 4.39 Å². The summed E-state index contributed by atoms with van der Waals surface area (Å²) >= 11 is 12.4. The number of nitrogens with one attached hydrogen (secondary N) is 2. The van der Waals surface area contributed by atoms with Gasteiger partial charge in [-0.1, -0.05) is 35.3 Å². The maximum Gasteiger partial charge on any atom is 0.264 e. The first-order chi connectivity index (χ1) is 15.4. The van der Waals surface area contributed by atoms with Crippen LogP contribution in [-0.2, 0) is 0 Å². The number of halogens is 3. The Morgan fingerprint density at radius 1 is 1.12 bits per heavy atom. The predicted molar refractivity (Wildman–Crippen MR) is 123 cm³/mol. The van der Waals surface area contributed by atoms with Crippen LogP contribution in [0.2, 0.25) is 10.0 Å². The molecule has 5 rings (SSSR count). The SMILES string of the molecule is CC(Nc1ncnc2nc[nH]c12)c1cc2ccc(F)c(Cl)c2c(=O)n1-c1cccc(Cl)c1. The number of aromatic amines is 1.